The van der Waals surface area contributed by atoms with E-state index in [1.165, 1.54) is 17.5 Å². The second-order valence-electron chi connectivity index (χ2n) is 6.09. The lowest BCUT2D eigenvalue weighted by Gasteiger charge is -2.21. The SMILES string of the molecule is CC(C)CN(CC(=O)O)C(=O)c1csc(-c2cccc(C(F)(F)F)c2)n1. The Labute approximate surface area is 152 Å². The Balaban J connectivity index is 2.28. The summed E-state index contributed by atoms with van der Waals surface area (Å²) in [4.78, 5) is 28.8. The molecule has 1 amide bonds. The number of nitrogens with zero attached hydrogens (tertiary/aromatic N) is 2. The first-order valence-corrected chi connectivity index (χ1v) is 8.60. The van der Waals surface area contributed by atoms with E-state index in [1.807, 2.05) is 13.8 Å². The van der Waals surface area contributed by atoms with E-state index in [-0.39, 0.29) is 28.7 Å². The molecule has 0 aliphatic rings. The van der Waals surface area contributed by atoms with Crippen molar-refractivity contribution in [1.82, 2.24) is 9.88 Å². The lowest BCUT2D eigenvalue weighted by atomic mass is 10.1. The van der Waals surface area contributed by atoms with Crippen molar-refractivity contribution in [3.05, 3.63) is 40.9 Å². The minimum absolute atomic E-state index is 0.0179. The molecule has 0 fully saturated rings. The average molecular weight is 386 g/mol. The van der Waals surface area contributed by atoms with Gasteiger partial charge < -0.3 is 10.0 Å². The highest BCUT2D eigenvalue weighted by atomic mass is 32.1. The third-order valence-corrected chi connectivity index (χ3v) is 4.25. The summed E-state index contributed by atoms with van der Waals surface area (Å²) in [6.07, 6.45) is -4.47. The average Bonchev–Trinajstić information content (AvgIpc) is 3.02. The van der Waals surface area contributed by atoms with E-state index in [0.29, 0.717) is 0 Å². The number of halogens is 3. The molecule has 140 valence electrons. The first-order valence-electron chi connectivity index (χ1n) is 7.72. The summed E-state index contributed by atoms with van der Waals surface area (Å²) in [5.41, 5.74) is -0.535. The van der Waals surface area contributed by atoms with Gasteiger partial charge in [0.25, 0.3) is 5.91 Å². The normalized spacial score (nSPS) is 11.6. The molecule has 1 aromatic carbocycles. The zero-order valence-electron chi connectivity index (χ0n) is 14.1. The maximum atomic E-state index is 12.8. The van der Waals surface area contributed by atoms with Crippen LogP contribution >= 0.6 is 11.3 Å². The van der Waals surface area contributed by atoms with Crippen molar-refractivity contribution in [2.45, 2.75) is 20.0 Å². The highest BCUT2D eigenvalue weighted by molar-refractivity contribution is 7.13. The number of carbonyl (C=O) groups excluding carboxylic acids is 1. The Morgan fingerprint density at radius 2 is 2.00 bits per heavy atom. The maximum Gasteiger partial charge on any atom is 0.416 e. The number of rotatable bonds is 6. The molecule has 0 atom stereocenters. The molecule has 9 heteroatoms. The lowest BCUT2D eigenvalue weighted by Crippen LogP contribution is -2.38. The molecule has 1 N–H and O–H groups in total. The number of carbonyl (C=O) groups is 2. The Morgan fingerprint density at radius 1 is 1.31 bits per heavy atom. The van der Waals surface area contributed by atoms with Crippen molar-refractivity contribution in [3.8, 4) is 10.6 Å². The van der Waals surface area contributed by atoms with Gasteiger partial charge in [-0.1, -0.05) is 26.0 Å². The number of thiazole rings is 1. The van der Waals surface area contributed by atoms with E-state index in [9.17, 15) is 22.8 Å². The van der Waals surface area contributed by atoms with Crippen LogP contribution in [0.3, 0.4) is 0 Å². The number of benzene rings is 1. The van der Waals surface area contributed by atoms with Crippen molar-refractivity contribution < 1.29 is 27.9 Å². The van der Waals surface area contributed by atoms with E-state index in [4.69, 9.17) is 5.11 Å². The molecule has 0 aliphatic carbocycles. The summed E-state index contributed by atoms with van der Waals surface area (Å²) in [6, 6.07) is 4.68. The lowest BCUT2D eigenvalue weighted by molar-refractivity contribution is -0.138. The van der Waals surface area contributed by atoms with E-state index in [2.05, 4.69) is 4.98 Å². The number of amides is 1. The second kappa shape index (κ2) is 7.86. The highest BCUT2D eigenvalue weighted by Crippen LogP contribution is 2.33. The zero-order valence-corrected chi connectivity index (χ0v) is 14.9. The van der Waals surface area contributed by atoms with Crippen molar-refractivity contribution in [3.63, 3.8) is 0 Å². The van der Waals surface area contributed by atoms with Gasteiger partial charge in [-0.2, -0.15) is 13.2 Å². The number of alkyl halides is 3. The van der Waals surface area contributed by atoms with Crippen molar-refractivity contribution in [1.29, 1.82) is 0 Å². The molecular weight excluding hydrogens is 369 g/mol. The molecule has 0 aliphatic heterocycles. The molecule has 0 bridgehead atoms. The van der Waals surface area contributed by atoms with Gasteiger partial charge in [0.1, 0.15) is 17.2 Å². The van der Waals surface area contributed by atoms with Gasteiger partial charge in [0.05, 0.1) is 5.56 Å². The second-order valence-corrected chi connectivity index (χ2v) is 6.95. The smallest absolute Gasteiger partial charge is 0.416 e. The summed E-state index contributed by atoms with van der Waals surface area (Å²) >= 11 is 1.03. The Kier molecular flexibility index (Phi) is 6.01. The van der Waals surface area contributed by atoms with Gasteiger partial charge in [0.15, 0.2) is 0 Å². The molecule has 5 nitrogen and oxygen atoms in total. The monoisotopic (exact) mass is 386 g/mol. The molecule has 1 heterocycles. The van der Waals surface area contributed by atoms with Gasteiger partial charge in [0, 0.05) is 17.5 Å². The fourth-order valence-corrected chi connectivity index (χ4v) is 3.11. The quantitative estimate of drug-likeness (QED) is 0.814. The third kappa shape index (κ3) is 5.04. The van der Waals surface area contributed by atoms with Crippen molar-refractivity contribution in [2.24, 2.45) is 5.92 Å². The fraction of sp³-hybridized carbons (Fsp3) is 0.353. The Bertz CT molecular complexity index is 803. The van der Waals surface area contributed by atoms with Gasteiger partial charge in [-0.3, -0.25) is 9.59 Å². The largest absolute Gasteiger partial charge is 0.480 e. The maximum absolute atomic E-state index is 12.8. The van der Waals surface area contributed by atoms with Gasteiger partial charge in [0.2, 0.25) is 0 Å². The predicted molar refractivity (Wildman–Crippen MR) is 90.9 cm³/mol. The topological polar surface area (TPSA) is 70.5 Å². The first kappa shape index (κ1) is 19.9. The summed E-state index contributed by atoms with van der Waals surface area (Å²) < 4.78 is 38.5. The van der Waals surface area contributed by atoms with Crippen LogP contribution in [0, 0.1) is 5.92 Å². The van der Waals surface area contributed by atoms with Crippen LogP contribution in [0.2, 0.25) is 0 Å². The van der Waals surface area contributed by atoms with E-state index >= 15 is 0 Å². The molecule has 0 unspecified atom stereocenters. The standard InChI is InChI=1S/C17H17F3N2O3S/c1-10(2)7-22(8-14(23)24)16(25)13-9-26-15(21-13)11-4-3-5-12(6-11)17(18,19)20/h3-6,9-10H,7-8H2,1-2H3,(H,23,24). The van der Waals surface area contributed by atoms with Crippen LogP contribution in [0.15, 0.2) is 29.6 Å². The number of aromatic nitrogens is 1. The molecule has 1 aromatic heterocycles. The van der Waals surface area contributed by atoms with E-state index in [1.54, 1.807) is 0 Å². The van der Waals surface area contributed by atoms with Crippen LogP contribution in [0.4, 0.5) is 13.2 Å². The van der Waals surface area contributed by atoms with E-state index in [0.717, 1.165) is 28.4 Å². The number of carboxylic acids is 1. The molecule has 2 aromatic rings. The molecule has 0 saturated heterocycles. The molecule has 26 heavy (non-hydrogen) atoms. The summed E-state index contributed by atoms with van der Waals surface area (Å²) in [5, 5.41) is 10.7. The van der Waals surface area contributed by atoms with Gasteiger partial charge in [-0.15, -0.1) is 11.3 Å². The van der Waals surface area contributed by atoms with Crippen molar-refractivity contribution >= 4 is 23.2 Å². The van der Waals surface area contributed by atoms with Crippen LogP contribution < -0.4 is 0 Å². The van der Waals surface area contributed by atoms with E-state index < -0.39 is 30.2 Å². The Morgan fingerprint density at radius 3 is 2.58 bits per heavy atom. The van der Waals surface area contributed by atoms with Crippen LogP contribution in [0.5, 0.6) is 0 Å². The molecular formula is C17H17F3N2O3S. The number of carboxylic acid groups (broad SMARTS) is 1. The first-order chi connectivity index (χ1) is 12.1. The molecule has 0 saturated carbocycles. The fourth-order valence-electron chi connectivity index (χ4n) is 2.32. The summed E-state index contributed by atoms with van der Waals surface area (Å²) in [5.74, 6) is -1.65. The van der Waals surface area contributed by atoms with Gasteiger partial charge >= 0.3 is 12.1 Å². The number of hydrogen-bond acceptors (Lipinski definition) is 4. The molecule has 0 radical (unpaired) electrons. The zero-order chi connectivity index (χ0) is 19.5. The van der Waals surface area contributed by atoms with Crippen LogP contribution in [-0.4, -0.2) is 40.0 Å². The molecule has 2 rings (SSSR count). The van der Waals surface area contributed by atoms with Gasteiger partial charge in [-0.25, -0.2) is 4.98 Å². The molecule has 0 spiro atoms. The third-order valence-electron chi connectivity index (χ3n) is 3.36. The minimum atomic E-state index is -4.47. The summed E-state index contributed by atoms with van der Waals surface area (Å²) in [6.45, 7) is 3.46. The number of aliphatic carboxylic acids is 1. The predicted octanol–water partition coefficient (Wildman–Crippen LogP) is 4.01. The highest BCUT2D eigenvalue weighted by Gasteiger charge is 2.30. The summed E-state index contributed by atoms with van der Waals surface area (Å²) in [7, 11) is 0. The Hall–Kier alpha value is -2.42. The minimum Gasteiger partial charge on any atom is -0.480 e. The van der Waals surface area contributed by atoms with Gasteiger partial charge in [-0.05, 0) is 18.1 Å². The van der Waals surface area contributed by atoms with Crippen LogP contribution in [-0.2, 0) is 11.0 Å². The van der Waals surface area contributed by atoms with Crippen LogP contribution in [0.1, 0.15) is 29.9 Å². The van der Waals surface area contributed by atoms with Crippen LogP contribution in [0.25, 0.3) is 10.6 Å². The van der Waals surface area contributed by atoms with Crippen molar-refractivity contribution in [2.75, 3.05) is 13.1 Å². The number of hydrogen-bond donors (Lipinski definition) is 1.